The molecule has 0 saturated carbocycles. The van der Waals surface area contributed by atoms with Crippen LogP contribution in [0.4, 0.5) is 4.39 Å². The van der Waals surface area contributed by atoms with E-state index in [0.717, 1.165) is 0 Å². The standard InChI is InChI=1S/C16H24FN3O3S/c1-13-11-14(17)5-6-15(13)24(22,23)20-8-4-7-19(9-10-20)12-16(21)18(2)3/h5-6,11H,4,7-10,12H2,1-3H3. The van der Waals surface area contributed by atoms with E-state index in [9.17, 15) is 17.6 Å². The molecule has 1 aliphatic heterocycles. The van der Waals surface area contributed by atoms with Crippen molar-refractivity contribution in [1.29, 1.82) is 0 Å². The normalized spacial score (nSPS) is 17.5. The lowest BCUT2D eigenvalue weighted by Crippen LogP contribution is -2.39. The van der Waals surface area contributed by atoms with Crippen LogP contribution in [0, 0.1) is 12.7 Å². The molecule has 1 fully saturated rings. The SMILES string of the molecule is Cc1cc(F)ccc1S(=O)(=O)N1CCCN(CC(=O)N(C)C)CC1. The van der Waals surface area contributed by atoms with Crippen LogP contribution in [0.3, 0.4) is 0 Å². The largest absolute Gasteiger partial charge is 0.348 e. The summed E-state index contributed by atoms with van der Waals surface area (Å²) >= 11 is 0. The number of amides is 1. The number of likely N-dealkylation sites (N-methyl/N-ethyl adjacent to an activating group) is 1. The van der Waals surface area contributed by atoms with E-state index in [4.69, 9.17) is 0 Å². The molecule has 1 aromatic carbocycles. The predicted octanol–water partition coefficient (Wildman–Crippen LogP) is 0.919. The highest BCUT2D eigenvalue weighted by Gasteiger charge is 2.28. The minimum atomic E-state index is -3.66. The van der Waals surface area contributed by atoms with Crippen molar-refractivity contribution >= 4 is 15.9 Å². The summed E-state index contributed by atoms with van der Waals surface area (Å²) in [7, 11) is -0.251. The summed E-state index contributed by atoms with van der Waals surface area (Å²) in [5.74, 6) is -0.448. The van der Waals surface area contributed by atoms with Gasteiger partial charge in [-0.25, -0.2) is 12.8 Å². The van der Waals surface area contributed by atoms with E-state index in [1.54, 1.807) is 21.0 Å². The number of carbonyl (C=O) groups is 1. The quantitative estimate of drug-likeness (QED) is 0.804. The summed E-state index contributed by atoms with van der Waals surface area (Å²) in [5.41, 5.74) is 0.402. The fraction of sp³-hybridized carbons (Fsp3) is 0.562. The monoisotopic (exact) mass is 357 g/mol. The molecule has 0 aromatic heterocycles. The van der Waals surface area contributed by atoms with E-state index in [2.05, 4.69) is 0 Å². The molecule has 24 heavy (non-hydrogen) atoms. The topological polar surface area (TPSA) is 60.9 Å². The van der Waals surface area contributed by atoms with Crippen LogP contribution in [-0.2, 0) is 14.8 Å². The molecule has 0 radical (unpaired) electrons. The molecule has 6 nitrogen and oxygen atoms in total. The molecule has 0 unspecified atom stereocenters. The molecule has 0 N–H and O–H groups in total. The summed E-state index contributed by atoms with van der Waals surface area (Å²) in [6.45, 7) is 3.77. The van der Waals surface area contributed by atoms with Gasteiger partial charge in [-0.1, -0.05) is 0 Å². The third-order valence-electron chi connectivity index (χ3n) is 4.16. The zero-order valence-corrected chi connectivity index (χ0v) is 15.1. The Hall–Kier alpha value is -1.51. The third-order valence-corrected chi connectivity index (χ3v) is 6.22. The van der Waals surface area contributed by atoms with Crippen LogP contribution in [0.25, 0.3) is 0 Å². The first kappa shape index (κ1) is 18.8. The summed E-state index contributed by atoms with van der Waals surface area (Å²) in [5, 5.41) is 0. The molecule has 1 amide bonds. The number of hydrogen-bond acceptors (Lipinski definition) is 4. The molecule has 2 rings (SSSR count). The van der Waals surface area contributed by atoms with E-state index >= 15 is 0 Å². The van der Waals surface area contributed by atoms with Gasteiger partial charge in [0.05, 0.1) is 11.4 Å². The van der Waals surface area contributed by atoms with Crippen molar-refractivity contribution in [2.24, 2.45) is 0 Å². The van der Waals surface area contributed by atoms with Crippen LogP contribution < -0.4 is 0 Å². The molecule has 0 aliphatic carbocycles. The second-order valence-corrected chi connectivity index (χ2v) is 8.14. The average molecular weight is 357 g/mol. The first-order chi connectivity index (χ1) is 11.2. The summed E-state index contributed by atoms with van der Waals surface area (Å²) in [4.78, 5) is 15.5. The number of halogens is 1. The lowest BCUT2D eigenvalue weighted by Gasteiger charge is -2.23. The van der Waals surface area contributed by atoms with Crippen molar-refractivity contribution in [2.75, 3.05) is 46.8 Å². The smallest absolute Gasteiger partial charge is 0.243 e. The molecule has 1 heterocycles. The Bertz CT molecular complexity index is 707. The van der Waals surface area contributed by atoms with Crippen molar-refractivity contribution < 1.29 is 17.6 Å². The second kappa shape index (κ2) is 7.58. The Morgan fingerprint density at radius 1 is 1.21 bits per heavy atom. The second-order valence-electron chi connectivity index (χ2n) is 6.23. The van der Waals surface area contributed by atoms with E-state index in [0.29, 0.717) is 38.2 Å². The number of nitrogens with zero attached hydrogens (tertiary/aromatic N) is 3. The van der Waals surface area contributed by atoms with Crippen molar-refractivity contribution in [2.45, 2.75) is 18.2 Å². The molecule has 1 saturated heterocycles. The van der Waals surface area contributed by atoms with Gasteiger partial charge < -0.3 is 4.90 Å². The fourth-order valence-electron chi connectivity index (χ4n) is 2.72. The van der Waals surface area contributed by atoms with E-state index in [1.165, 1.54) is 27.4 Å². The maximum absolute atomic E-state index is 13.2. The molecule has 0 atom stereocenters. The number of hydrogen-bond donors (Lipinski definition) is 0. The highest BCUT2D eigenvalue weighted by molar-refractivity contribution is 7.89. The minimum absolute atomic E-state index is 0.000635. The average Bonchev–Trinajstić information content (AvgIpc) is 2.72. The van der Waals surface area contributed by atoms with Crippen LogP contribution in [-0.4, -0.2) is 75.2 Å². The first-order valence-corrected chi connectivity index (χ1v) is 9.34. The fourth-order valence-corrected chi connectivity index (χ4v) is 4.40. The van der Waals surface area contributed by atoms with Gasteiger partial charge in [0.2, 0.25) is 15.9 Å². The molecule has 8 heteroatoms. The van der Waals surface area contributed by atoms with Gasteiger partial charge in [-0.15, -0.1) is 0 Å². The minimum Gasteiger partial charge on any atom is -0.348 e. The van der Waals surface area contributed by atoms with E-state index in [1.807, 2.05) is 4.90 Å². The van der Waals surface area contributed by atoms with Crippen LogP contribution in [0.1, 0.15) is 12.0 Å². The van der Waals surface area contributed by atoms with E-state index < -0.39 is 15.8 Å². The first-order valence-electron chi connectivity index (χ1n) is 7.90. The van der Waals surface area contributed by atoms with Crippen LogP contribution in [0.2, 0.25) is 0 Å². The van der Waals surface area contributed by atoms with Gasteiger partial charge in [0.25, 0.3) is 0 Å². The molecule has 0 bridgehead atoms. The lowest BCUT2D eigenvalue weighted by molar-refractivity contribution is -0.129. The summed E-state index contributed by atoms with van der Waals surface area (Å²) in [6, 6.07) is 3.71. The lowest BCUT2D eigenvalue weighted by atomic mass is 10.2. The van der Waals surface area contributed by atoms with E-state index in [-0.39, 0.29) is 17.3 Å². The molecule has 134 valence electrons. The molecule has 1 aromatic rings. The Morgan fingerprint density at radius 2 is 1.92 bits per heavy atom. The highest BCUT2D eigenvalue weighted by atomic mass is 32.2. The third kappa shape index (κ3) is 4.31. The molecular weight excluding hydrogens is 333 g/mol. The maximum atomic E-state index is 13.2. The molecule has 1 aliphatic rings. The van der Waals surface area contributed by atoms with Crippen molar-refractivity contribution in [3.63, 3.8) is 0 Å². The zero-order valence-electron chi connectivity index (χ0n) is 14.3. The Balaban J connectivity index is 2.11. The van der Waals surface area contributed by atoms with Crippen molar-refractivity contribution in [3.8, 4) is 0 Å². The highest BCUT2D eigenvalue weighted by Crippen LogP contribution is 2.22. The van der Waals surface area contributed by atoms with Crippen LogP contribution in [0.15, 0.2) is 23.1 Å². The van der Waals surface area contributed by atoms with Crippen molar-refractivity contribution in [1.82, 2.24) is 14.1 Å². The van der Waals surface area contributed by atoms with Gasteiger partial charge in [-0.05, 0) is 43.7 Å². The van der Waals surface area contributed by atoms with Crippen LogP contribution in [0.5, 0.6) is 0 Å². The Labute approximate surface area is 142 Å². The van der Waals surface area contributed by atoms with Gasteiger partial charge >= 0.3 is 0 Å². The van der Waals surface area contributed by atoms with Gasteiger partial charge in [0.15, 0.2) is 0 Å². The molecular formula is C16H24FN3O3S. The number of benzene rings is 1. The predicted molar refractivity (Wildman–Crippen MR) is 89.6 cm³/mol. The van der Waals surface area contributed by atoms with Crippen molar-refractivity contribution in [3.05, 3.63) is 29.6 Å². The Kier molecular flexibility index (Phi) is 5.95. The number of aryl methyl sites for hydroxylation is 1. The number of sulfonamides is 1. The maximum Gasteiger partial charge on any atom is 0.243 e. The number of rotatable bonds is 4. The van der Waals surface area contributed by atoms with Gasteiger partial charge in [-0.3, -0.25) is 9.69 Å². The summed E-state index contributed by atoms with van der Waals surface area (Å²) in [6.07, 6.45) is 0.653. The zero-order chi connectivity index (χ0) is 17.9. The Morgan fingerprint density at radius 3 is 2.54 bits per heavy atom. The molecule has 0 spiro atoms. The summed E-state index contributed by atoms with van der Waals surface area (Å²) < 4.78 is 40.3. The van der Waals surface area contributed by atoms with Crippen LogP contribution >= 0.6 is 0 Å². The van der Waals surface area contributed by atoms with Gasteiger partial charge in [0.1, 0.15) is 5.82 Å². The van der Waals surface area contributed by atoms with Gasteiger partial charge in [0, 0.05) is 33.7 Å². The number of carbonyl (C=O) groups excluding carboxylic acids is 1. The van der Waals surface area contributed by atoms with Gasteiger partial charge in [-0.2, -0.15) is 4.31 Å².